The minimum Gasteiger partial charge on any atom is -0.475 e. The van der Waals surface area contributed by atoms with Crippen molar-refractivity contribution in [1.29, 1.82) is 0 Å². The standard InChI is InChI=1S/C31H36N2O3S/c1-4-30(32-19-10-13-25(22-32)24-11-6-5-7-12-24)36-27-15-17-28(18-16-27)37(34,35)31-29(23(2)3)21-26-14-8-9-20-33(26)31/h5-9,11-12,14-18,20-21,23,25,30H,4,10,13,19,22H2,1-3H3. The van der Waals surface area contributed by atoms with E-state index in [1.807, 2.05) is 44.3 Å². The highest BCUT2D eigenvalue weighted by molar-refractivity contribution is 7.91. The van der Waals surface area contributed by atoms with Gasteiger partial charge in [-0.3, -0.25) is 4.90 Å². The summed E-state index contributed by atoms with van der Waals surface area (Å²) in [5.74, 6) is 1.28. The number of hydrogen-bond donors (Lipinski definition) is 0. The van der Waals surface area contributed by atoms with Crippen LogP contribution in [-0.4, -0.2) is 37.0 Å². The predicted octanol–water partition coefficient (Wildman–Crippen LogP) is 6.89. The lowest BCUT2D eigenvalue weighted by molar-refractivity contribution is 0.00412. The summed E-state index contributed by atoms with van der Waals surface area (Å²) in [6.07, 6.45) is 4.96. The molecule has 1 aliphatic heterocycles. The Morgan fingerprint density at radius 2 is 1.70 bits per heavy atom. The first kappa shape index (κ1) is 25.6. The average molecular weight is 517 g/mol. The SMILES string of the molecule is CCC(Oc1ccc(S(=O)(=O)c2c(C(C)C)cc3ccccn23)cc1)N1CCCC(c2ccccc2)C1. The van der Waals surface area contributed by atoms with Crippen LogP contribution in [0.4, 0.5) is 0 Å². The number of likely N-dealkylation sites (tertiary alicyclic amines) is 1. The summed E-state index contributed by atoms with van der Waals surface area (Å²) in [6.45, 7) is 8.17. The molecule has 0 bridgehead atoms. The molecule has 0 spiro atoms. The number of ether oxygens (including phenoxy) is 1. The summed E-state index contributed by atoms with van der Waals surface area (Å²) < 4.78 is 35.7. The van der Waals surface area contributed by atoms with Gasteiger partial charge in [0.1, 0.15) is 10.8 Å². The quantitative estimate of drug-likeness (QED) is 0.256. The molecule has 0 radical (unpaired) electrons. The van der Waals surface area contributed by atoms with Crippen LogP contribution in [-0.2, 0) is 9.84 Å². The zero-order valence-electron chi connectivity index (χ0n) is 21.9. The fourth-order valence-corrected chi connectivity index (χ4v) is 7.21. The summed E-state index contributed by atoms with van der Waals surface area (Å²) in [6, 6.07) is 25.3. The molecule has 0 amide bonds. The Hall–Kier alpha value is -3.09. The Morgan fingerprint density at radius 3 is 2.41 bits per heavy atom. The van der Waals surface area contributed by atoms with Gasteiger partial charge in [-0.1, -0.05) is 57.2 Å². The Bertz CT molecular complexity index is 1440. The van der Waals surface area contributed by atoms with Crippen LogP contribution in [0.25, 0.3) is 5.52 Å². The molecular formula is C31H36N2O3S. The molecule has 5 nitrogen and oxygen atoms in total. The summed E-state index contributed by atoms with van der Waals surface area (Å²) in [4.78, 5) is 2.70. The Balaban J connectivity index is 1.36. The van der Waals surface area contributed by atoms with Gasteiger partial charge in [0.05, 0.1) is 4.90 Å². The van der Waals surface area contributed by atoms with Crippen molar-refractivity contribution >= 4 is 15.4 Å². The summed E-state index contributed by atoms with van der Waals surface area (Å²) in [5.41, 5.74) is 3.09. The molecule has 5 rings (SSSR count). The Labute approximate surface area is 220 Å². The maximum atomic E-state index is 13.8. The smallest absolute Gasteiger partial charge is 0.222 e. The number of sulfone groups is 1. The molecule has 37 heavy (non-hydrogen) atoms. The van der Waals surface area contributed by atoms with Crippen LogP contribution >= 0.6 is 0 Å². The molecule has 194 valence electrons. The molecule has 1 saturated heterocycles. The number of rotatable bonds is 8. The van der Waals surface area contributed by atoms with Gasteiger partial charge in [0.2, 0.25) is 9.84 Å². The van der Waals surface area contributed by atoms with Gasteiger partial charge >= 0.3 is 0 Å². The minimum absolute atomic E-state index is 0.0453. The van der Waals surface area contributed by atoms with E-state index < -0.39 is 9.84 Å². The molecule has 0 aliphatic carbocycles. The number of piperidine rings is 1. The first-order valence-corrected chi connectivity index (χ1v) is 14.8. The van der Waals surface area contributed by atoms with Gasteiger partial charge in [0.15, 0.2) is 6.23 Å². The average Bonchev–Trinajstić information content (AvgIpc) is 3.34. The second-order valence-electron chi connectivity index (χ2n) is 10.3. The summed E-state index contributed by atoms with van der Waals surface area (Å²) >= 11 is 0. The van der Waals surface area contributed by atoms with E-state index >= 15 is 0 Å². The van der Waals surface area contributed by atoms with E-state index in [9.17, 15) is 8.42 Å². The predicted molar refractivity (Wildman–Crippen MR) is 148 cm³/mol. The zero-order valence-corrected chi connectivity index (χ0v) is 22.7. The van der Waals surface area contributed by atoms with Crippen LogP contribution in [0.2, 0.25) is 0 Å². The fourth-order valence-electron chi connectivity index (χ4n) is 5.46. The van der Waals surface area contributed by atoms with E-state index in [-0.39, 0.29) is 17.0 Å². The van der Waals surface area contributed by atoms with Crippen molar-refractivity contribution in [3.05, 3.63) is 96.2 Å². The van der Waals surface area contributed by atoms with Gasteiger partial charge in [-0.15, -0.1) is 0 Å². The van der Waals surface area contributed by atoms with E-state index in [0.29, 0.717) is 16.7 Å². The highest BCUT2D eigenvalue weighted by atomic mass is 32.2. The first-order valence-electron chi connectivity index (χ1n) is 13.3. The van der Waals surface area contributed by atoms with Crippen molar-refractivity contribution < 1.29 is 13.2 Å². The van der Waals surface area contributed by atoms with E-state index in [1.54, 1.807) is 28.7 Å². The van der Waals surface area contributed by atoms with Gasteiger partial charge < -0.3 is 9.14 Å². The molecule has 4 aromatic rings. The van der Waals surface area contributed by atoms with Crippen molar-refractivity contribution in [1.82, 2.24) is 9.30 Å². The van der Waals surface area contributed by atoms with Crippen LogP contribution in [0.15, 0.2) is 95.0 Å². The van der Waals surface area contributed by atoms with Crippen molar-refractivity contribution in [3.63, 3.8) is 0 Å². The molecule has 2 atom stereocenters. The van der Waals surface area contributed by atoms with E-state index in [4.69, 9.17) is 4.74 Å². The lowest BCUT2D eigenvalue weighted by atomic mass is 9.90. The van der Waals surface area contributed by atoms with Crippen molar-refractivity contribution in [3.8, 4) is 5.75 Å². The van der Waals surface area contributed by atoms with Gasteiger partial charge in [-0.2, -0.15) is 0 Å². The Kier molecular flexibility index (Phi) is 7.40. The van der Waals surface area contributed by atoms with E-state index in [0.717, 1.165) is 37.0 Å². The number of aromatic nitrogens is 1. The monoisotopic (exact) mass is 516 g/mol. The summed E-state index contributed by atoms with van der Waals surface area (Å²) in [5, 5.41) is 0.346. The fraction of sp³-hybridized carbons (Fsp3) is 0.355. The van der Waals surface area contributed by atoms with Crippen molar-refractivity contribution in [2.45, 2.75) is 68.0 Å². The normalized spacial score (nSPS) is 17.8. The highest BCUT2D eigenvalue weighted by Gasteiger charge is 2.29. The van der Waals surface area contributed by atoms with Crippen LogP contribution in [0.3, 0.4) is 0 Å². The minimum atomic E-state index is -3.71. The first-order chi connectivity index (χ1) is 17.9. The lowest BCUT2D eigenvalue weighted by Crippen LogP contribution is -2.44. The second kappa shape index (κ2) is 10.7. The zero-order chi connectivity index (χ0) is 26.0. The maximum absolute atomic E-state index is 13.8. The molecular weight excluding hydrogens is 480 g/mol. The van der Waals surface area contributed by atoms with Crippen LogP contribution in [0.1, 0.15) is 63.0 Å². The number of fused-ring (bicyclic) bond motifs is 1. The summed E-state index contributed by atoms with van der Waals surface area (Å²) in [7, 11) is -3.71. The van der Waals surface area contributed by atoms with Crippen LogP contribution in [0.5, 0.6) is 5.75 Å². The molecule has 2 unspecified atom stereocenters. The van der Waals surface area contributed by atoms with Gasteiger partial charge in [-0.25, -0.2) is 8.42 Å². The van der Waals surface area contributed by atoms with E-state index in [2.05, 4.69) is 42.2 Å². The molecule has 0 N–H and O–H groups in total. The second-order valence-corrected chi connectivity index (χ2v) is 12.1. The van der Waals surface area contributed by atoms with Crippen LogP contribution in [0, 0.1) is 0 Å². The molecule has 0 saturated carbocycles. The number of hydrogen-bond acceptors (Lipinski definition) is 4. The molecule has 1 fully saturated rings. The van der Waals surface area contributed by atoms with Crippen molar-refractivity contribution in [2.75, 3.05) is 13.1 Å². The van der Waals surface area contributed by atoms with Crippen LogP contribution < -0.4 is 4.74 Å². The molecule has 2 aromatic carbocycles. The third kappa shape index (κ3) is 5.18. The lowest BCUT2D eigenvalue weighted by Gasteiger charge is -2.38. The molecule has 3 heterocycles. The molecule has 1 aliphatic rings. The molecule has 6 heteroatoms. The van der Waals surface area contributed by atoms with Gasteiger partial charge in [-0.05, 0) is 84.7 Å². The maximum Gasteiger partial charge on any atom is 0.222 e. The topological polar surface area (TPSA) is 51.0 Å². The van der Waals surface area contributed by atoms with E-state index in [1.165, 1.54) is 12.0 Å². The Morgan fingerprint density at radius 1 is 0.973 bits per heavy atom. The molecule has 2 aromatic heterocycles. The van der Waals surface area contributed by atoms with Crippen molar-refractivity contribution in [2.24, 2.45) is 0 Å². The largest absolute Gasteiger partial charge is 0.475 e. The number of benzene rings is 2. The highest BCUT2D eigenvalue weighted by Crippen LogP contribution is 2.33. The third-order valence-electron chi connectivity index (χ3n) is 7.42. The third-order valence-corrected chi connectivity index (χ3v) is 9.26. The van der Waals surface area contributed by atoms with Gasteiger partial charge in [0, 0.05) is 24.8 Å². The number of nitrogens with zero attached hydrogens (tertiary/aromatic N) is 2. The van der Waals surface area contributed by atoms with Gasteiger partial charge in [0.25, 0.3) is 0 Å². The number of pyridine rings is 1.